The molecule has 0 aliphatic rings. The van der Waals surface area contributed by atoms with Crippen LogP contribution in [-0.2, 0) is 6.54 Å². The van der Waals surface area contributed by atoms with Gasteiger partial charge in [0.05, 0.1) is 6.54 Å². The second kappa shape index (κ2) is 4.74. The number of rotatable bonds is 4. The van der Waals surface area contributed by atoms with Gasteiger partial charge in [-0.2, -0.15) is 9.97 Å². The Balaban J connectivity index is 2.05. The first-order chi connectivity index (χ1) is 8.17. The fourth-order valence-corrected chi connectivity index (χ4v) is 1.31. The van der Waals surface area contributed by atoms with E-state index in [2.05, 4.69) is 30.9 Å². The molecule has 0 aliphatic carbocycles. The van der Waals surface area contributed by atoms with Crippen LogP contribution in [0.15, 0.2) is 10.6 Å². The molecule has 8 nitrogen and oxygen atoms in total. The molecule has 2 heterocycles. The van der Waals surface area contributed by atoms with E-state index in [0.29, 0.717) is 30.0 Å². The highest BCUT2D eigenvalue weighted by atomic mass is 16.5. The molecule has 0 atom stereocenters. The Morgan fingerprint density at radius 2 is 2.12 bits per heavy atom. The van der Waals surface area contributed by atoms with Gasteiger partial charge < -0.3 is 9.84 Å². The molecular formula is C9H13N7O. The molecule has 0 bridgehead atoms. The smallest absolute Gasteiger partial charge is 0.239 e. The maximum Gasteiger partial charge on any atom is 0.239 e. The topological polar surface area (TPSA) is 115 Å². The van der Waals surface area contributed by atoms with Crippen molar-refractivity contribution in [2.75, 3.05) is 10.7 Å². The fourth-order valence-electron chi connectivity index (χ4n) is 1.31. The third-order valence-electron chi connectivity index (χ3n) is 1.98. The van der Waals surface area contributed by atoms with Crippen LogP contribution in [0.25, 0.3) is 0 Å². The summed E-state index contributed by atoms with van der Waals surface area (Å²) >= 11 is 0. The minimum absolute atomic E-state index is 0.358. The maximum atomic E-state index is 5.26. The average Bonchev–Trinajstić information content (AvgIpc) is 2.72. The summed E-state index contributed by atoms with van der Waals surface area (Å²) < 4.78 is 4.86. The molecule has 17 heavy (non-hydrogen) atoms. The quantitative estimate of drug-likeness (QED) is 0.514. The predicted octanol–water partition coefficient (Wildman–Crippen LogP) is 0.374. The summed E-state index contributed by atoms with van der Waals surface area (Å²) in [5, 5.41) is 6.82. The number of nitrogens with one attached hydrogen (secondary N) is 2. The van der Waals surface area contributed by atoms with Crippen molar-refractivity contribution in [2.24, 2.45) is 5.84 Å². The summed E-state index contributed by atoms with van der Waals surface area (Å²) in [4.78, 5) is 12.3. The molecule has 0 fully saturated rings. The summed E-state index contributed by atoms with van der Waals surface area (Å²) in [6.45, 7) is 4.02. The van der Waals surface area contributed by atoms with Gasteiger partial charge in [-0.05, 0) is 6.92 Å². The van der Waals surface area contributed by atoms with Crippen molar-refractivity contribution >= 4 is 11.8 Å². The molecule has 2 aromatic heterocycles. The zero-order chi connectivity index (χ0) is 12.3. The van der Waals surface area contributed by atoms with E-state index in [0.717, 1.165) is 5.69 Å². The van der Waals surface area contributed by atoms with Crippen molar-refractivity contribution in [3.05, 3.63) is 23.5 Å². The highest BCUT2D eigenvalue weighted by Gasteiger charge is 2.04. The van der Waals surface area contributed by atoms with Gasteiger partial charge in [-0.3, -0.25) is 5.43 Å². The molecule has 8 heteroatoms. The van der Waals surface area contributed by atoms with Crippen LogP contribution in [-0.4, -0.2) is 20.1 Å². The van der Waals surface area contributed by atoms with Crippen molar-refractivity contribution in [1.82, 2.24) is 20.1 Å². The molecule has 0 saturated heterocycles. The molecule has 0 aliphatic heterocycles. The van der Waals surface area contributed by atoms with E-state index in [1.54, 1.807) is 13.0 Å². The number of hydrazine groups is 1. The largest absolute Gasteiger partial charge is 0.362 e. The summed E-state index contributed by atoms with van der Waals surface area (Å²) in [6.07, 6.45) is 0. The average molecular weight is 235 g/mol. The number of nitrogens with zero attached hydrogens (tertiary/aromatic N) is 4. The van der Waals surface area contributed by atoms with Crippen molar-refractivity contribution in [3.8, 4) is 0 Å². The van der Waals surface area contributed by atoms with Gasteiger partial charge in [-0.1, -0.05) is 5.16 Å². The summed E-state index contributed by atoms with van der Waals surface area (Å²) in [5.74, 6) is 7.36. The molecular weight excluding hydrogens is 222 g/mol. The number of aromatic nitrogens is 4. The van der Waals surface area contributed by atoms with E-state index < -0.39 is 0 Å². The standard InChI is InChI=1S/C9H13N7O/c1-5-3-7(14-9(12-5)15-10)11-4-8-13-6(2)17-16-8/h3H,4,10H2,1-2H3,(H2,11,12,14,15). The van der Waals surface area contributed by atoms with Crippen LogP contribution < -0.4 is 16.6 Å². The maximum absolute atomic E-state index is 5.26. The molecule has 0 amide bonds. The van der Waals surface area contributed by atoms with E-state index in [4.69, 9.17) is 10.4 Å². The van der Waals surface area contributed by atoms with Crippen molar-refractivity contribution < 1.29 is 4.52 Å². The first-order valence-electron chi connectivity index (χ1n) is 5.03. The monoisotopic (exact) mass is 235 g/mol. The van der Waals surface area contributed by atoms with Gasteiger partial charge >= 0.3 is 0 Å². The van der Waals surface area contributed by atoms with Crippen LogP contribution in [0.3, 0.4) is 0 Å². The van der Waals surface area contributed by atoms with E-state index in [-0.39, 0.29) is 0 Å². The Morgan fingerprint density at radius 3 is 2.76 bits per heavy atom. The number of anilines is 2. The van der Waals surface area contributed by atoms with E-state index >= 15 is 0 Å². The molecule has 0 aromatic carbocycles. The van der Waals surface area contributed by atoms with Crippen LogP contribution in [0.4, 0.5) is 11.8 Å². The highest BCUT2D eigenvalue weighted by Crippen LogP contribution is 2.09. The molecule has 0 unspecified atom stereocenters. The normalized spacial score (nSPS) is 10.3. The third-order valence-corrected chi connectivity index (χ3v) is 1.98. The van der Waals surface area contributed by atoms with Gasteiger partial charge in [-0.15, -0.1) is 0 Å². The Bertz CT molecular complexity index is 510. The Hall–Kier alpha value is -2.22. The first-order valence-corrected chi connectivity index (χ1v) is 5.03. The molecule has 2 aromatic rings. The van der Waals surface area contributed by atoms with Crippen molar-refractivity contribution in [1.29, 1.82) is 0 Å². The lowest BCUT2D eigenvalue weighted by molar-refractivity contribution is 0.388. The minimum Gasteiger partial charge on any atom is -0.362 e. The van der Waals surface area contributed by atoms with Gasteiger partial charge in [0.1, 0.15) is 5.82 Å². The van der Waals surface area contributed by atoms with Crippen LogP contribution >= 0.6 is 0 Å². The van der Waals surface area contributed by atoms with Crippen molar-refractivity contribution in [3.63, 3.8) is 0 Å². The molecule has 90 valence electrons. The fraction of sp³-hybridized carbons (Fsp3) is 0.333. The Morgan fingerprint density at radius 1 is 1.29 bits per heavy atom. The number of hydrogen-bond acceptors (Lipinski definition) is 8. The molecule has 0 spiro atoms. The van der Waals surface area contributed by atoms with Gasteiger partial charge in [-0.25, -0.2) is 10.8 Å². The molecule has 0 saturated carbocycles. The minimum atomic E-state index is 0.358. The van der Waals surface area contributed by atoms with E-state index in [1.807, 2.05) is 6.92 Å². The Kier molecular flexibility index (Phi) is 3.15. The van der Waals surface area contributed by atoms with Crippen LogP contribution in [0, 0.1) is 13.8 Å². The van der Waals surface area contributed by atoms with Crippen LogP contribution in [0.2, 0.25) is 0 Å². The number of hydrogen-bond donors (Lipinski definition) is 3. The van der Waals surface area contributed by atoms with Crippen molar-refractivity contribution in [2.45, 2.75) is 20.4 Å². The summed E-state index contributed by atoms with van der Waals surface area (Å²) in [5.41, 5.74) is 3.20. The lowest BCUT2D eigenvalue weighted by Crippen LogP contribution is -2.12. The van der Waals surface area contributed by atoms with Gasteiger partial charge in [0.15, 0.2) is 5.82 Å². The molecule has 4 N–H and O–H groups in total. The Labute approximate surface area is 97.6 Å². The van der Waals surface area contributed by atoms with Gasteiger partial charge in [0, 0.05) is 18.7 Å². The first kappa shape index (κ1) is 11.3. The number of aryl methyl sites for hydroxylation is 2. The van der Waals surface area contributed by atoms with E-state index in [9.17, 15) is 0 Å². The zero-order valence-electron chi connectivity index (χ0n) is 9.56. The second-order valence-electron chi connectivity index (χ2n) is 3.45. The number of nitrogen functional groups attached to an aromatic ring is 1. The number of nitrogens with two attached hydrogens (primary N) is 1. The van der Waals surface area contributed by atoms with Crippen LogP contribution in [0.5, 0.6) is 0 Å². The van der Waals surface area contributed by atoms with E-state index in [1.165, 1.54) is 0 Å². The highest BCUT2D eigenvalue weighted by molar-refractivity contribution is 5.41. The molecule has 0 radical (unpaired) electrons. The summed E-state index contributed by atoms with van der Waals surface area (Å²) in [6, 6.07) is 1.80. The predicted molar refractivity (Wildman–Crippen MR) is 60.9 cm³/mol. The van der Waals surface area contributed by atoms with Crippen LogP contribution in [0.1, 0.15) is 17.4 Å². The zero-order valence-corrected chi connectivity index (χ0v) is 9.56. The lowest BCUT2D eigenvalue weighted by Gasteiger charge is -2.05. The van der Waals surface area contributed by atoms with Gasteiger partial charge in [0.2, 0.25) is 11.8 Å². The second-order valence-corrected chi connectivity index (χ2v) is 3.45. The summed E-state index contributed by atoms with van der Waals surface area (Å²) in [7, 11) is 0. The lowest BCUT2D eigenvalue weighted by atomic mass is 10.4. The molecule has 2 rings (SSSR count). The SMILES string of the molecule is Cc1cc(NCc2noc(C)n2)nc(NN)n1. The van der Waals surface area contributed by atoms with Gasteiger partial charge in [0.25, 0.3) is 0 Å². The third kappa shape index (κ3) is 2.88.